The third-order valence-electron chi connectivity index (χ3n) is 14.8. The molecule has 0 fully saturated rings. The van der Waals surface area contributed by atoms with E-state index in [1.54, 1.807) is 0 Å². The van der Waals surface area contributed by atoms with Gasteiger partial charge >= 0.3 is 0 Å². The molecule has 0 unspecified atom stereocenters. The van der Waals surface area contributed by atoms with E-state index in [4.69, 9.17) is 13.9 Å². The van der Waals surface area contributed by atoms with E-state index in [0.29, 0.717) is 0 Å². The third kappa shape index (κ3) is 4.73. The zero-order valence-electron chi connectivity index (χ0n) is 36.4. The lowest BCUT2D eigenvalue weighted by molar-refractivity contribution is 0.468. The molecule has 0 spiro atoms. The monoisotopic (exact) mass is 867 g/mol. The minimum Gasteiger partial charge on any atom is -0.458 e. The molecule has 4 aliphatic heterocycles. The topological polar surface area (TPSA) is 43.0 Å². The van der Waals surface area contributed by atoms with Crippen LogP contribution in [0.5, 0.6) is 23.0 Å². The van der Waals surface area contributed by atoms with E-state index < -0.39 is 0 Å². The van der Waals surface area contributed by atoms with E-state index in [2.05, 4.69) is 215 Å². The molecule has 0 aliphatic carbocycles. The maximum absolute atomic E-state index is 7.42. The standard InChI is InChI=1S/C60H35B2N3O3/c1-4-18-36(19-5-1)63-45-28-14-10-24-39(45)55-48(63)33-54-58-59(55)65(38-22-8-3-9-23-38)47-30-16-13-27-42(47)62(58)43-32-44-52(35-51(43)67-54)68-60-56-40-25-11-17-31-50(40)66-53(56)34-49-57(60)61(44)41-26-12-15-29-46(41)64(49)37-20-6-2-7-21-37/h1-35H. The fourth-order valence-electron chi connectivity index (χ4n) is 12.2. The summed E-state index contributed by atoms with van der Waals surface area (Å²) in [6.45, 7) is -0.288. The van der Waals surface area contributed by atoms with Crippen molar-refractivity contribution in [1.82, 2.24) is 4.57 Å². The predicted octanol–water partition coefficient (Wildman–Crippen LogP) is 11.5. The van der Waals surface area contributed by atoms with Crippen molar-refractivity contribution in [3.63, 3.8) is 0 Å². The van der Waals surface area contributed by atoms with Crippen LogP contribution < -0.4 is 52.1 Å². The molecule has 6 nitrogen and oxygen atoms in total. The van der Waals surface area contributed by atoms with E-state index in [1.165, 1.54) is 21.7 Å². The van der Waals surface area contributed by atoms with Crippen LogP contribution in [0, 0.1) is 0 Å². The molecule has 0 radical (unpaired) electrons. The summed E-state index contributed by atoms with van der Waals surface area (Å²) in [4.78, 5) is 4.85. The molecule has 314 valence electrons. The zero-order chi connectivity index (χ0) is 44.2. The average molecular weight is 868 g/mol. The number of nitrogens with zero attached hydrogens (tertiary/aromatic N) is 3. The molecule has 6 heterocycles. The van der Waals surface area contributed by atoms with Crippen LogP contribution in [0.4, 0.5) is 34.1 Å². The van der Waals surface area contributed by atoms with Crippen molar-refractivity contribution in [2.75, 3.05) is 9.80 Å². The molecule has 0 saturated carbocycles. The zero-order valence-corrected chi connectivity index (χ0v) is 36.4. The molecule has 68 heavy (non-hydrogen) atoms. The third-order valence-corrected chi connectivity index (χ3v) is 14.8. The number of para-hydroxylation sites is 7. The van der Waals surface area contributed by atoms with Crippen molar-refractivity contribution in [3.05, 3.63) is 212 Å². The second kappa shape index (κ2) is 13.4. The van der Waals surface area contributed by atoms with E-state index in [-0.39, 0.29) is 13.4 Å². The van der Waals surface area contributed by atoms with Crippen LogP contribution in [-0.4, -0.2) is 18.0 Å². The van der Waals surface area contributed by atoms with Crippen LogP contribution in [-0.2, 0) is 0 Å². The molecule has 16 rings (SSSR count). The van der Waals surface area contributed by atoms with Crippen molar-refractivity contribution in [2.45, 2.75) is 0 Å². The molecule has 0 bridgehead atoms. The summed E-state index contributed by atoms with van der Waals surface area (Å²) in [5.41, 5.74) is 18.5. The quantitative estimate of drug-likeness (QED) is 0.166. The highest BCUT2D eigenvalue weighted by atomic mass is 16.5. The van der Waals surface area contributed by atoms with Crippen LogP contribution in [0.3, 0.4) is 0 Å². The lowest BCUT2D eigenvalue weighted by atomic mass is 9.31. The second-order valence-corrected chi connectivity index (χ2v) is 18.3. The Balaban J connectivity index is 1.00. The Labute approximate surface area is 391 Å². The highest BCUT2D eigenvalue weighted by Crippen LogP contribution is 2.50. The van der Waals surface area contributed by atoms with Crippen molar-refractivity contribution < 1.29 is 13.9 Å². The van der Waals surface area contributed by atoms with Crippen LogP contribution >= 0.6 is 0 Å². The number of fused-ring (bicyclic) bond motifs is 16. The van der Waals surface area contributed by atoms with Gasteiger partial charge in [0.2, 0.25) is 0 Å². The molecule has 0 saturated heterocycles. The van der Waals surface area contributed by atoms with E-state index >= 15 is 0 Å². The molecule has 0 N–H and O–H groups in total. The largest absolute Gasteiger partial charge is 0.458 e. The summed E-state index contributed by atoms with van der Waals surface area (Å²) < 4.78 is 23.9. The van der Waals surface area contributed by atoms with E-state index in [0.717, 1.165) is 118 Å². The summed E-state index contributed by atoms with van der Waals surface area (Å²) in [5.74, 6) is 3.24. The maximum atomic E-state index is 7.42. The van der Waals surface area contributed by atoms with Crippen LogP contribution in [0.2, 0.25) is 0 Å². The van der Waals surface area contributed by atoms with Gasteiger partial charge in [-0.3, -0.25) is 0 Å². The molecule has 8 heteroatoms. The average Bonchev–Trinajstić information content (AvgIpc) is 3.94. The van der Waals surface area contributed by atoms with Gasteiger partial charge in [-0.15, -0.1) is 0 Å². The van der Waals surface area contributed by atoms with E-state index in [1.807, 2.05) is 12.1 Å². The van der Waals surface area contributed by atoms with Gasteiger partial charge in [-0.2, -0.15) is 0 Å². The van der Waals surface area contributed by atoms with Gasteiger partial charge in [-0.1, -0.05) is 133 Å². The molecule has 0 atom stereocenters. The van der Waals surface area contributed by atoms with Gasteiger partial charge < -0.3 is 28.3 Å². The van der Waals surface area contributed by atoms with Crippen LogP contribution in [0.1, 0.15) is 0 Å². The lowest BCUT2D eigenvalue weighted by Gasteiger charge is -2.42. The highest BCUT2D eigenvalue weighted by Gasteiger charge is 2.48. The number of ether oxygens (including phenoxy) is 2. The van der Waals surface area contributed by atoms with E-state index in [9.17, 15) is 0 Å². The number of furan rings is 1. The summed E-state index contributed by atoms with van der Waals surface area (Å²) in [5, 5.41) is 4.39. The Bertz CT molecular complexity index is 4130. The smallest absolute Gasteiger partial charge is 0.256 e. The van der Waals surface area contributed by atoms with Gasteiger partial charge in [0.05, 0.1) is 22.1 Å². The SMILES string of the molecule is c1ccc(N2c3ccccc3B3c4cc5c(cc4Oc4c3c2cc2oc3ccccc3c42)Oc2cc3c(c4c2B5c2ccccc2N4c2ccccc2)c2ccccc2n3-c2ccccc2)cc1. The van der Waals surface area contributed by atoms with Gasteiger partial charge in [0.15, 0.2) is 0 Å². The fraction of sp³-hybridized carbons (Fsp3) is 0. The molecule has 4 aliphatic rings. The first-order chi connectivity index (χ1) is 33.8. The van der Waals surface area contributed by atoms with Crippen molar-refractivity contribution in [3.8, 4) is 28.7 Å². The van der Waals surface area contributed by atoms with Crippen LogP contribution in [0.15, 0.2) is 217 Å². The fourth-order valence-corrected chi connectivity index (χ4v) is 12.2. The predicted molar refractivity (Wildman–Crippen MR) is 280 cm³/mol. The van der Waals surface area contributed by atoms with Crippen molar-refractivity contribution in [2.24, 2.45) is 0 Å². The molecule has 10 aromatic carbocycles. The van der Waals surface area contributed by atoms with Gasteiger partial charge in [0.1, 0.15) is 34.2 Å². The molecule has 12 aromatic rings. The summed E-state index contributed by atoms with van der Waals surface area (Å²) in [6, 6.07) is 76.2. The number of benzene rings is 10. The number of hydrogen-bond donors (Lipinski definition) is 0. The normalized spacial score (nSPS) is 13.7. The minimum absolute atomic E-state index is 0.143. The summed E-state index contributed by atoms with van der Waals surface area (Å²) in [6.07, 6.45) is 0. The number of aromatic nitrogens is 1. The highest BCUT2D eigenvalue weighted by molar-refractivity contribution is 7.02. The summed E-state index contributed by atoms with van der Waals surface area (Å²) in [7, 11) is 0. The van der Waals surface area contributed by atoms with Crippen molar-refractivity contribution in [1.29, 1.82) is 0 Å². The second-order valence-electron chi connectivity index (χ2n) is 18.3. The minimum atomic E-state index is -0.144. The Kier molecular flexibility index (Phi) is 7.15. The first kappa shape index (κ1) is 36.4. The molecule has 0 amide bonds. The number of hydrogen-bond acceptors (Lipinski definition) is 5. The molecular formula is C60H35B2N3O3. The van der Waals surface area contributed by atoms with Gasteiger partial charge in [-0.05, 0) is 93.4 Å². The Morgan fingerprint density at radius 2 is 0.926 bits per heavy atom. The summed E-state index contributed by atoms with van der Waals surface area (Å²) >= 11 is 0. The first-order valence-corrected chi connectivity index (χ1v) is 23.3. The lowest BCUT2D eigenvalue weighted by Crippen LogP contribution is -2.63. The maximum Gasteiger partial charge on any atom is 0.256 e. The Morgan fingerprint density at radius 3 is 1.66 bits per heavy atom. The van der Waals surface area contributed by atoms with Crippen molar-refractivity contribution >= 4 is 124 Å². The number of anilines is 6. The van der Waals surface area contributed by atoms with Crippen LogP contribution in [0.25, 0.3) is 49.4 Å². The Hall–Kier alpha value is -8.87. The van der Waals surface area contributed by atoms with Gasteiger partial charge in [-0.25, -0.2) is 0 Å². The Morgan fingerprint density at radius 1 is 0.353 bits per heavy atom. The van der Waals surface area contributed by atoms with Gasteiger partial charge in [0, 0.05) is 68.5 Å². The van der Waals surface area contributed by atoms with Gasteiger partial charge in [0.25, 0.3) is 13.4 Å². The molecule has 2 aromatic heterocycles. The number of rotatable bonds is 3. The molecular weight excluding hydrogens is 832 g/mol. The first-order valence-electron chi connectivity index (χ1n) is 23.3.